The fourth-order valence-electron chi connectivity index (χ4n) is 3.28. The van der Waals surface area contributed by atoms with E-state index in [1.54, 1.807) is 47.8 Å². The summed E-state index contributed by atoms with van der Waals surface area (Å²) in [6, 6.07) is 13.7. The molecule has 9 heteroatoms. The van der Waals surface area contributed by atoms with E-state index in [-0.39, 0.29) is 5.91 Å². The van der Waals surface area contributed by atoms with Crippen LogP contribution in [0.5, 0.6) is 0 Å². The van der Waals surface area contributed by atoms with E-state index in [4.69, 9.17) is 11.6 Å². The number of anilines is 2. The Morgan fingerprint density at radius 2 is 2.00 bits per heavy atom. The van der Waals surface area contributed by atoms with E-state index in [1.165, 1.54) is 15.6 Å². The minimum Gasteiger partial charge on any atom is -0.322 e. The van der Waals surface area contributed by atoms with E-state index in [1.807, 2.05) is 6.07 Å². The molecule has 0 unspecified atom stereocenters. The first-order chi connectivity index (χ1) is 13.9. The van der Waals surface area contributed by atoms with Crippen LogP contribution in [0.4, 0.5) is 11.4 Å². The van der Waals surface area contributed by atoms with Crippen molar-refractivity contribution in [2.75, 3.05) is 16.2 Å². The van der Waals surface area contributed by atoms with Crippen LogP contribution in [0.3, 0.4) is 0 Å². The highest BCUT2D eigenvalue weighted by Gasteiger charge is 2.30. The van der Waals surface area contributed by atoms with Crippen molar-refractivity contribution in [3.05, 3.63) is 74.5 Å². The van der Waals surface area contributed by atoms with Crippen molar-refractivity contribution in [3.8, 4) is 0 Å². The van der Waals surface area contributed by atoms with Crippen LogP contribution in [0, 0.1) is 0 Å². The molecule has 4 rings (SSSR count). The van der Waals surface area contributed by atoms with Gasteiger partial charge in [0, 0.05) is 16.7 Å². The molecule has 0 radical (unpaired) electrons. The van der Waals surface area contributed by atoms with Gasteiger partial charge in [-0.1, -0.05) is 33.6 Å². The second kappa shape index (κ2) is 8.10. The highest BCUT2D eigenvalue weighted by atomic mass is 79.9. The molecule has 0 saturated heterocycles. The SMILES string of the molecule is O=C(Nc1ccc2c(c1)CCCN2S(=O)(=O)c1cccs1)c1cc(Br)ccc1Cl. The number of fused-ring (bicyclic) bond motifs is 1. The van der Waals surface area contributed by atoms with Crippen LogP contribution in [0.25, 0.3) is 0 Å². The highest BCUT2D eigenvalue weighted by Crippen LogP contribution is 2.35. The largest absolute Gasteiger partial charge is 0.322 e. The number of hydrogen-bond acceptors (Lipinski definition) is 4. The van der Waals surface area contributed by atoms with Gasteiger partial charge < -0.3 is 5.32 Å². The summed E-state index contributed by atoms with van der Waals surface area (Å²) >= 11 is 10.7. The summed E-state index contributed by atoms with van der Waals surface area (Å²) in [6.07, 6.45) is 1.46. The summed E-state index contributed by atoms with van der Waals surface area (Å²) < 4.78 is 28.5. The summed E-state index contributed by atoms with van der Waals surface area (Å²) in [5.74, 6) is -0.324. The molecule has 0 fully saturated rings. The molecule has 0 aliphatic carbocycles. The van der Waals surface area contributed by atoms with Crippen LogP contribution in [-0.4, -0.2) is 20.9 Å². The topological polar surface area (TPSA) is 66.5 Å². The van der Waals surface area contributed by atoms with Gasteiger partial charge in [0.1, 0.15) is 4.21 Å². The third-order valence-corrected chi connectivity index (χ3v) is 8.63. The van der Waals surface area contributed by atoms with Crippen LogP contribution in [-0.2, 0) is 16.4 Å². The van der Waals surface area contributed by atoms with Gasteiger partial charge in [-0.2, -0.15) is 0 Å². The smallest absolute Gasteiger partial charge is 0.273 e. The third kappa shape index (κ3) is 4.07. The number of carbonyl (C=O) groups is 1. The Bertz CT molecular complexity index is 1180. The van der Waals surface area contributed by atoms with Crippen LogP contribution < -0.4 is 9.62 Å². The van der Waals surface area contributed by atoms with Crippen molar-refractivity contribution in [3.63, 3.8) is 0 Å². The minimum absolute atomic E-state index is 0.324. The maximum absolute atomic E-state index is 13.0. The van der Waals surface area contributed by atoms with Crippen LogP contribution >= 0.6 is 38.9 Å². The van der Waals surface area contributed by atoms with Crippen LogP contribution in [0.1, 0.15) is 22.3 Å². The zero-order valence-corrected chi connectivity index (χ0v) is 19.0. The molecular weight excluding hydrogens is 496 g/mol. The Kier molecular flexibility index (Phi) is 5.70. The Morgan fingerprint density at radius 1 is 1.17 bits per heavy atom. The Morgan fingerprint density at radius 3 is 2.76 bits per heavy atom. The summed E-state index contributed by atoms with van der Waals surface area (Å²) in [5, 5.41) is 4.96. The lowest BCUT2D eigenvalue weighted by Gasteiger charge is -2.30. The van der Waals surface area contributed by atoms with Crippen LogP contribution in [0.15, 0.2) is 62.6 Å². The summed E-state index contributed by atoms with van der Waals surface area (Å²) in [7, 11) is -3.58. The molecule has 5 nitrogen and oxygen atoms in total. The van der Waals surface area contributed by atoms with E-state index < -0.39 is 10.0 Å². The zero-order valence-electron chi connectivity index (χ0n) is 15.1. The van der Waals surface area contributed by atoms with E-state index in [0.29, 0.717) is 39.1 Å². The van der Waals surface area contributed by atoms with Gasteiger partial charge >= 0.3 is 0 Å². The van der Waals surface area contributed by atoms with E-state index in [9.17, 15) is 13.2 Å². The number of hydrogen-bond donors (Lipinski definition) is 1. The van der Waals surface area contributed by atoms with Crippen LogP contribution in [0.2, 0.25) is 5.02 Å². The quantitative estimate of drug-likeness (QED) is 0.499. The van der Waals surface area contributed by atoms with Crippen molar-refractivity contribution < 1.29 is 13.2 Å². The highest BCUT2D eigenvalue weighted by molar-refractivity contribution is 9.10. The molecule has 3 aromatic rings. The number of rotatable bonds is 4. The van der Waals surface area contributed by atoms with Crippen molar-refractivity contribution >= 4 is 66.2 Å². The second-order valence-corrected chi connectivity index (χ2v) is 10.9. The van der Waals surface area contributed by atoms with Gasteiger partial charge in [0.05, 0.1) is 16.3 Å². The molecule has 0 saturated carbocycles. The number of thiophene rings is 1. The van der Waals surface area contributed by atoms with Gasteiger partial charge in [0.15, 0.2) is 0 Å². The number of sulfonamides is 1. The molecule has 1 amide bonds. The molecule has 1 aromatic heterocycles. The fraction of sp³-hybridized carbons (Fsp3) is 0.150. The van der Waals surface area contributed by atoms with Gasteiger partial charge in [0.2, 0.25) is 0 Å². The molecule has 2 heterocycles. The molecule has 1 N–H and O–H groups in total. The van der Waals surface area contributed by atoms with Gasteiger partial charge in [-0.05, 0) is 66.2 Å². The molecule has 150 valence electrons. The monoisotopic (exact) mass is 510 g/mol. The number of nitrogens with zero attached hydrogens (tertiary/aromatic N) is 1. The Labute approximate surface area is 186 Å². The first-order valence-corrected chi connectivity index (χ1v) is 12.3. The lowest BCUT2D eigenvalue weighted by atomic mass is 10.0. The van der Waals surface area contributed by atoms with E-state index >= 15 is 0 Å². The van der Waals surface area contributed by atoms with Gasteiger partial charge in [-0.25, -0.2) is 8.42 Å². The standard InChI is InChI=1S/C20H16BrClN2O3S2/c21-14-5-7-17(22)16(12-14)20(25)23-15-6-8-18-13(11-15)3-1-9-24(18)29(26,27)19-4-2-10-28-19/h2,4-8,10-12H,1,3,9H2,(H,23,25). The van der Waals surface area contributed by atoms with Crippen molar-refractivity contribution in [1.82, 2.24) is 0 Å². The molecule has 29 heavy (non-hydrogen) atoms. The van der Waals surface area contributed by atoms with Crippen molar-refractivity contribution in [2.24, 2.45) is 0 Å². The second-order valence-electron chi connectivity index (χ2n) is 6.53. The van der Waals surface area contributed by atoms with Gasteiger partial charge in [0.25, 0.3) is 15.9 Å². The van der Waals surface area contributed by atoms with Crippen molar-refractivity contribution in [2.45, 2.75) is 17.1 Å². The molecule has 1 aliphatic heterocycles. The predicted octanol–water partition coefficient (Wildman–Crippen LogP) is 5.56. The average molecular weight is 512 g/mol. The Hall–Kier alpha value is -1.87. The van der Waals surface area contributed by atoms with E-state index in [0.717, 1.165) is 16.5 Å². The normalized spacial score (nSPS) is 13.8. The number of benzene rings is 2. The first kappa shape index (κ1) is 20.4. The molecule has 0 spiro atoms. The summed E-state index contributed by atoms with van der Waals surface area (Å²) in [5.41, 5.74) is 2.50. The maximum Gasteiger partial charge on any atom is 0.273 e. The fourth-order valence-corrected chi connectivity index (χ4v) is 6.49. The van der Waals surface area contributed by atoms with Gasteiger partial charge in [-0.3, -0.25) is 9.10 Å². The number of amides is 1. The Balaban J connectivity index is 1.62. The predicted molar refractivity (Wildman–Crippen MR) is 121 cm³/mol. The number of aryl methyl sites for hydroxylation is 1. The number of halogens is 2. The maximum atomic E-state index is 13.0. The van der Waals surface area contributed by atoms with Gasteiger partial charge in [-0.15, -0.1) is 11.3 Å². The molecule has 0 bridgehead atoms. The summed E-state index contributed by atoms with van der Waals surface area (Å²) in [6.45, 7) is 0.437. The summed E-state index contributed by atoms with van der Waals surface area (Å²) in [4.78, 5) is 12.6. The molecular formula is C20H16BrClN2O3S2. The average Bonchev–Trinajstić information content (AvgIpc) is 3.25. The lowest BCUT2D eigenvalue weighted by Crippen LogP contribution is -2.35. The minimum atomic E-state index is -3.58. The zero-order chi connectivity index (χ0) is 20.6. The third-order valence-electron chi connectivity index (χ3n) is 4.63. The van der Waals surface area contributed by atoms with Crippen molar-refractivity contribution in [1.29, 1.82) is 0 Å². The number of carbonyl (C=O) groups excluding carboxylic acids is 1. The molecule has 2 aromatic carbocycles. The molecule has 0 atom stereocenters. The lowest BCUT2D eigenvalue weighted by molar-refractivity contribution is 0.102. The molecule has 1 aliphatic rings. The van der Waals surface area contributed by atoms with E-state index in [2.05, 4.69) is 21.2 Å². The number of nitrogens with one attached hydrogen (secondary N) is 1. The first-order valence-electron chi connectivity index (χ1n) is 8.82.